The molecule has 1 aliphatic rings. The first-order chi connectivity index (χ1) is 14.7. The first kappa shape index (κ1) is 15.4. The third kappa shape index (κ3) is 1.45. The van der Waals surface area contributed by atoms with Crippen molar-refractivity contribution in [2.45, 2.75) is 13.1 Å². The highest BCUT2D eigenvalue weighted by Crippen LogP contribution is 2.44. The molecule has 3 nitrogen and oxygen atoms in total. The first-order valence-corrected chi connectivity index (χ1v) is 13.5. The summed E-state index contributed by atoms with van der Waals surface area (Å²) in [6, 6.07) is 22.3. The fraction of sp³-hybridized carbons (Fsp3) is 0.0769. The van der Waals surface area contributed by atoms with E-state index in [0.717, 1.165) is 11.1 Å². The quantitative estimate of drug-likeness (QED) is 0.324. The summed E-state index contributed by atoms with van der Waals surface area (Å²) >= 11 is 0. The molecule has 0 unspecified atom stereocenters. The molecule has 1 N–H and O–H groups in total. The molecule has 1 aliphatic heterocycles. The average molecular weight is 403 g/mol. The summed E-state index contributed by atoms with van der Waals surface area (Å²) in [5.74, 6) is 0. The summed E-state index contributed by atoms with van der Waals surface area (Å²) in [6.45, 7) is 5.00. The van der Waals surface area contributed by atoms with E-state index in [1.807, 2.05) is 6.26 Å². The van der Waals surface area contributed by atoms with E-state index in [0.29, 0.717) is 0 Å². The Morgan fingerprint density at radius 2 is 1.70 bits per heavy atom. The maximum Gasteiger partial charge on any atom is 0.159 e. The largest absolute Gasteiger partial charge is 0.462 e. The molecule has 8 rings (SSSR count). The lowest BCUT2D eigenvalue weighted by molar-refractivity contribution is 0.619. The molecule has 4 aromatic heterocycles. The Hall–Kier alpha value is -3.50. The van der Waals surface area contributed by atoms with Crippen molar-refractivity contribution in [3.8, 4) is 11.3 Å². The molecule has 0 amide bonds. The highest BCUT2D eigenvalue weighted by atomic mass is 28.3. The summed E-state index contributed by atoms with van der Waals surface area (Å²) in [5, 5.41) is 8.33. The zero-order valence-corrected chi connectivity index (χ0v) is 17.7. The predicted molar refractivity (Wildman–Crippen MR) is 127 cm³/mol. The van der Waals surface area contributed by atoms with Crippen LogP contribution in [0.15, 0.2) is 71.3 Å². The van der Waals surface area contributed by atoms with Gasteiger partial charge in [0.05, 0.1) is 23.0 Å². The van der Waals surface area contributed by atoms with Gasteiger partial charge in [-0.3, -0.25) is 0 Å². The van der Waals surface area contributed by atoms with Crippen molar-refractivity contribution < 1.29 is 4.42 Å². The first-order valence-electron chi connectivity index (χ1n) is 10.5. The second-order valence-corrected chi connectivity index (χ2v) is 13.4. The molecule has 142 valence electrons. The lowest BCUT2D eigenvalue weighted by atomic mass is 10.1. The number of aromatic amines is 1. The van der Waals surface area contributed by atoms with Crippen LogP contribution in [0.3, 0.4) is 0 Å². The van der Waals surface area contributed by atoms with E-state index >= 15 is 0 Å². The summed E-state index contributed by atoms with van der Waals surface area (Å²) in [5.41, 5.74) is 8.57. The van der Waals surface area contributed by atoms with Crippen molar-refractivity contribution in [1.29, 1.82) is 0 Å². The summed E-state index contributed by atoms with van der Waals surface area (Å²) in [6.07, 6.45) is 1.83. The number of nitrogens with zero attached hydrogens (tertiary/aromatic N) is 1. The van der Waals surface area contributed by atoms with Crippen LogP contribution in [0.1, 0.15) is 0 Å². The highest BCUT2D eigenvalue weighted by Gasteiger charge is 2.41. The van der Waals surface area contributed by atoms with E-state index in [1.54, 1.807) is 0 Å². The minimum absolute atomic E-state index is 0.983. The molecule has 4 heteroatoms. The second-order valence-electron chi connectivity index (χ2n) is 9.10. The second kappa shape index (κ2) is 4.63. The van der Waals surface area contributed by atoms with Gasteiger partial charge < -0.3 is 13.8 Å². The Morgan fingerprint density at radius 3 is 2.63 bits per heavy atom. The molecule has 30 heavy (non-hydrogen) atoms. The highest BCUT2D eigenvalue weighted by molar-refractivity contribution is 7.05. The van der Waals surface area contributed by atoms with Crippen molar-refractivity contribution in [3.05, 3.63) is 66.9 Å². The van der Waals surface area contributed by atoms with Crippen molar-refractivity contribution in [3.63, 3.8) is 0 Å². The number of aromatic nitrogens is 2. The summed E-state index contributed by atoms with van der Waals surface area (Å²) < 4.78 is 8.52. The molecule has 5 heterocycles. The van der Waals surface area contributed by atoms with E-state index in [9.17, 15) is 0 Å². The van der Waals surface area contributed by atoms with Crippen LogP contribution < -0.4 is 10.4 Å². The predicted octanol–water partition coefficient (Wildman–Crippen LogP) is 5.71. The van der Waals surface area contributed by atoms with Gasteiger partial charge in [-0.05, 0) is 39.5 Å². The number of rotatable bonds is 0. The van der Waals surface area contributed by atoms with Crippen LogP contribution >= 0.6 is 0 Å². The van der Waals surface area contributed by atoms with Gasteiger partial charge in [0, 0.05) is 33.3 Å². The van der Waals surface area contributed by atoms with Crippen LogP contribution in [-0.2, 0) is 0 Å². The van der Waals surface area contributed by atoms with E-state index in [4.69, 9.17) is 4.42 Å². The van der Waals surface area contributed by atoms with Gasteiger partial charge in [-0.15, -0.1) is 0 Å². The van der Waals surface area contributed by atoms with Gasteiger partial charge in [0.15, 0.2) is 5.58 Å². The topological polar surface area (TPSA) is 33.3 Å². The lowest BCUT2D eigenvalue weighted by Gasteiger charge is -2.19. The zero-order chi connectivity index (χ0) is 19.8. The maximum absolute atomic E-state index is 6.02. The number of hydrogen-bond donors (Lipinski definition) is 1. The number of fused-ring (bicyclic) bond motifs is 8. The van der Waals surface area contributed by atoms with Gasteiger partial charge >= 0.3 is 0 Å². The van der Waals surface area contributed by atoms with Gasteiger partial charge in [-0.2, -0.15) is 0 Å². The van der Waals surface area contributed by atoms with Crippen LogP contribution in [0.2, 0.25) is 13.1 Å². The van der Waals surface area contributed by atoms with E-state index in [1.165, 1.54) is 59.7 Å². The molecular weight excluding hydrogens is 384 g/mol. The standard InChI is InChI=1S/C26H18N2OSi/c1-30(2)20-9-4-3-6-14(20)24-26(30)15-7-5-8-17-21(15)22-18(27-17)11-10-16-23(22)28(24)19-12-13-29-25(16)19/h3-13,27H,1-2H3. The Kier molecular flexibility index (Phi) is 2.37. The normalized spacial score (nSPS) is 15.3. The fourth-order valence-electron chi connectivity index (χ4n) is 6.17. The molecule has 0 atom stereocenters. The molecule has 0 bridgehead atoms. The Morgan fingerprint density at radius 1 is 0.833 bits per heavy atom. The number of nitrogens with one attached hydrogen (secondary N) is 1. The number of H-pyrrole nitrogens is 1. The smallest absolute Gasteiger partial charge is 0.159 e. The van der Waals surface area contributed by atoms with Crippen LogP contribution in [0.25, 0.3) is 60.5 Å². The molecule has 0 saturated carbocycles. The Balaban J connectivity index is 1.87. The van der Waals surface area contributed by atoms with Crippen LogP contribution in [0.4, 0.5) is 0 Å². The molecule has 0 saturated heterocycles. The van der Waals surface area contributed by atoms with Crippen LogP contribution in [-0.4, -0.2) is 17.5 Å². The van der Waals surface area contributed by atoms with Crippen molar-refractivity contribution >= 4 is 67.6 Å². The third-order valence-corrected chi connectivity index (χ3v) is 10.9. The monoisotopic (exact) mass is 402 g/mol. The molecular formula is C26H18N2OSi. The number of hydrogen-bond acceptors (Lipinski definition) is 1. The number of benzene rings is 3. The van der Waals surface area contributed by atoms with Gasteiger partial charge in [0.1, 0.15) is 8.07 Å². The van der Waals surface area contributed by atoms with Crippen LogP contribution in [0, 0.1) is 0 Å². The molecule has 0 fully saturated rings. The third-order valence-electron chi connectivity index (χ3n) is 7.33. The van der Waals surface area contributed by atoms with Crippen molar-refractivity contribution in [1.82, 2.24) is 9.38 Å². The van der Waals surface area contributed by atoms with Gasteiger partial charge in [-0.25, -0.2) is 0 Å². The van der Waals surface area contributed by atoms with Crippen LogP contribution in [0.5, 0.6) is 0 Å². The lowest BCUT2D eigenvalue weighted by Crippen LogP contribution is -2.49. The zero-order valence-electron chi connectivity index (χ0n) is 16.7. The SMILES string of the molecule is C[Si]1(C)c2ccccc2-c2c1c1cccc3[nH]c4ccc5c6occc6n2c5c4c31. The minimum Gasteiger partial charge on any atom is -0.462 e. The van der Waals surface area contributed by atoms with Crippen molar-refractivity contribution in [2.24, 2.45) is 0 Å². The van der Waals surface area contributed by atoms with E-state index in [2.05, 4.69) is 83.1 Å². The number of furan rings is 1. The summed E-state index contributed by atoms with van der Waals surface area (Å²) in [7, 11) is -1.90. The fourth-order valence-corrected chi connectivity index (χ4v) is 9.55. The van der Waals surface area contributed by atoms with Gasteiger partial charge in [0.25, 0.3) is 0 Å². The van der Waals surface area contributed by atoms with Crippen molar-refractivity contribution in [2.75, 3.05) is 0 Å². The Labute approximate surface area is 172 Å². The Bertz CT molecular complexity index is 1830. The van der Waals surface area contributed by atoms with E-state index in [-0.39, 0.29) is 0 Å². The molecule has 0 spiro atoms. The molecule has 0 radical (unpaired) electrons. The molecule has 0 aliphatic carbocycles. The summed E-state index contributed by atoms with van der Waals surface area (Å²) in [4.78, 5) is 3.69. The molecule has 3 aromatic carbocycles. The molecule has 7 aromatic rings. The van der Waals surface area contributed by atoms with E-state index < -0.39 is 8.07 Å². The van der Waals surface area contributed by atoms with Gasteiger partial charge in [0.2, 0.25) is 0 Å². The average Bonchev–Trinajstić information content (AvgIpc) is 3.45. The maximum atomic E-state index is 6.02. The minimum atomic E-state index is -1.90. The van der Waals surface area contributed by atoms with Gasteiger partial charge in [-0.1, -0.05) is 49.5 Å².